The van der Waals surface area contributed by atoms with Crippen LogP contribution in [0.5, 0.6) is 0 Å². The maximum absolute atomic E-state index is 12.2. The second-order valence-electron chi connectivity index (χ2n) is 10.2. The molecular formula is C32H50N2O7. The van der Waals surface area contributed by atoms with Crippen LogP contribution in [-0.2, 0) is 23.9 Å². The molecule has 0 heterocycles. The van der Waals surface area contributed by atoms with Crippen LogP contribution in [-0.4, -0.2) is 59.8 Å². The van der Waals surface area contributed by atoms with Gasteiger partial charge in [0.2, 0.25) is 11.8 Å². The Balaban J connectivity index is 4.00. The van der Waals surface area contributed by atoms with Crippen molar-refractivity contribution in [3.05, 3.63) is 60.8 Å². The highest BCUT2D eigenvalue weighted by atomic mass is 16.5. The number of hydrogen-bond donors (Lipinski definition) is 4. The Labute approximate surface area is 245 Å². The lowest BCUT2D eigenvalue weighted by Gasteiger charge is -2.29. The van der Waals surface area contributed by atoms with Crippen molar-refractivity contribution in [2.24, 2.45) is 5.41 Å². The molecule has 4 N–H and O–H groups in total. The molecule has 0 spiro atoms. The third-order valence-electron chi connectivity index (χ3n) is 5.82. The summed E-state index contributed by atoms with van der Waals surface area (Å²) in [6, 6.07) is 0. The SMILES string of the molecule is CC/C=C\C/C=C\C/C=C\C/C=C\C/C=C\CCCC(=O)OCC(C)(C)[C@@H](O)C(=O)NCCC(=O)NCCC(=O)O. The number of nitrogens with one attached hydrogen (secondary N) is 2. The van der Waals surface area contributed by atoms with E-state index >= 15 is 0 Å². The normalized spacial score (nSPS) is 13.1. The molecule has 2 amide bonds. The van der Waals surface area contributed by atoms with Crippen LogP contribution in [0, 0.1) is 5.41 Å². The number of amides is 2. The van der Waals surface area contributed by atoms with E-state index in [-0.39, 0.29) is 39.0 Å². The molecule has 0 aliphatic heterocycles. The number of aliphatic hydroxyl groups is 1. The van der Waals surface area contributed by atoms with Crippen LogP contribution >= 0.6 is 0 Å². The predicted molar refractivity (Wildman–Crippen MR) is 162 cm³/mol. The van der Waals surface area contributed by atoms with Gasteiger partial charge in [-0.1, -0.05) is 81.5 Å². The van der Waals surface area contributed by atoms with Gasteiger partial charge in [-0.25, -0.2) is 0 Å². The lowest BCUT2D eigenvalue weighted by Crippen LogP contribution is -2.47. The molecule has 0 aliphatic rings. The molecule has 0 aliphatic carbocycles. The van der Waals surface area contributed by atoms with Gasteiger partial charge in [0, 0.05) is 31.3 Å². The van der Waals surface area contributed by atoms with Gasteiger partial charge in [0.1, 0.15) is 6.10 Å². The Morgan fingerprint density at radius 3 is 1.80 bits per heavy atom. The minimum absolute atomic E-state index is 0.00541. The number of hydrogen-bond acceptors (Lipinski definition) is 6. The summed E-state index contributed by atoms with van der Waals surface area (Å²) >= 11 is 0. The fourth-order valence-corrected chi connectivity index (χ4v) is 3.30. The minimum Gasteiger partial charge on any atom is -0.481 e. The van der Waals surface area contributed by atoms with Crippen molar-refractivity contribution < 1.29 is 34.1 Å². The number of aliphatic hydroxyl groups excluding tert-OH is 1. The molecule has 41 heavy (non-hydrogen) atoms. The van der Waals surface area contributed by atoms with Crippen molar-refractivity contribution in [1.29, 1.82) is 0 Å². The van der Waals surface area contributed by atoms with Gasteiger partial charge in [-0.3, -0.25) is 19.2 Å². The van der Waals surface area contributed by atoms with E-state index in [1.165, 1.54) is 0 Å². The third kappa shape index (κ3) is 23.0. The minimum atomic E-state index is -1.44. The van der Waals surface area contributed by atoms with Crippen molar-refractivity contribution in [3.63, 3.8) is 0 Å². The van der Waals surface area contributed by atoms with E-state index in [2.05, 4.69) is 72.2 Å². The quantitative estimate of drug-likeness (QED) is 0.0770. The Bertz CT molecular complexity index is 917. The molecule has 0 radical (unpaired) electrons. The second-order valence-corrected chi connectivity index (χ2v) is 10.2. The zero-order valence-electron chi connectivity index (χ0n) is 25.0. The molecule has 0 aromatic rings. The number of carboxylic acids is 1. The molecule has 230 valence electrons. The van der Waals surface area contributed by atoms with Gasteiger partial charge in [0.25, 0.3) is 0 Å². The van der Waals surface area contributed by atoms with E-state index in [9.17, 15) is 24.3 Å². The van der Waals surface area contributed by atoms with Gasteiger partial charge < -0.3 is 25.6 Å². The molecule has 0 saturated carbocycles. The predicted octanol–water partition coefficient (Wildman–Crippen LogP) is 4.94. The number of ether oxygens (including phenoxy) is 1. The molecule has 1 atom stereocenters. The molecule has 9 nitrogen and oxygen atoms in total. The fourth-order valence-electron chi connectivity index (χ4n) is 3.30. The Morgan fingerprint density at radius 2 is 1.27 bits per heavy atom. The molecule has 0 bridgehead atoms. The standard InChI is InChI=1S/C32H50N2O7/c1-4-5-6-7-8-9-10-11-12-13-14-15-16-17-18-19-20-21-29(38)41-26-32(2,3)30(39)31(40)34-24-22-27(35)33-25-23-28(36)37/h5-6,8-9,11-12,14-15,17-18,30,39H,4,7,10,13,16,19-26H2,1-3H3,(H,33,35)(H,34,40)(H,36,37)/b6-5-,9-8-,12-11-,15-14-,18-17-/t30-/m0/s1. The van der Waals surface area contributed by atoms with Crippen molar-refractivity contribution >= 4 is 23.8 Å². The summed E-state index contributed by atoms with van der Waals surface area (Å²) in [7, 11) is 0. The first kappa shape index (κ1) is 37.5. The monoisotopic (exact) mass is 574 g/mol. The molecule has 0 unspecified atom stereocenters. The Hall–Kier alpha value is -3.46. The number of aliphatic carboxylic acids is 1. The number of unbranched alkanes of at least 4 members (excludes halogenated alkanes) is 1. The van der Waals surface area contributed by atoms with E-state index < -0.39 is 35.3 Å². The summed E-state index contributed by atoms with van der Waals surface area (Å²) in [5.41, 5.74) is -1.02. The van der Waals surface area contributed by atoms with Gasteiger partial charge in [-0.05, 0) is 44.9 Å². The van der Waals surface area contributed by atoms with Gasteiger partial charge in [0.15, 0.2) is 0 Å². The van der Waals surface area contributed by atoms with Crippen LogP contribution in [0.15, 0.2) is 60.8 Å². The largest absolute Gasteiger partial charge is 0.481 e. The Morgan fingerprint density at radius 1 is 0.756 bits per heavy atom. The van der Waals surface area contributed by atoms with Crippen molar-refractivity contribution in [2.75, 3.05) is 19.7 Å². The molecule has 0 aromatic carbocycles. The molecule has 0 fully saturated rings. The summed E-state index contributed by atoms with van der Waals surface area (Å²) in [6.07, 6.45) is 26.1. The van der Waals surface area contributed by atoms with Crippen LogP contribution in [0.2, 0.25) is 0 Å². The van der Waals surface area contributed by atoms with E-state index in [0.717, 1.165) is 38.5 Å². The zero-order valence-corrected chi connectivity index (χ0v) is 25.0. The molecule has 0 aromatic heterocycles. The first-order valence-electron chi connectivity index (χ1n) is 14.4. The number of esters is 1. The summed E-state index contributed by atoms with van der Waals surface area (Å²) in [5.74, 6) is -2.49. The highest BCUT2D eigenvalue weighted by molar-refractivity contribution is 5.82. The molecule has 0 saturated heterocycles. The highest BCUT2D eigenvalue weighted by Gasteiger charge is 2.34. The number of rotatable bonds is 23. The van der Waals surface area contributed by atoms with E-state index in [4.69, 9.17) is 9.84 Å². The van der Waals surface area contributed by atoms with E-state index in [1.807, 2.05) is 6.08 Å². The zero-order chi connectivity index (χ0) is 30.8. The summed E-state index contributed by atoms with van der Waals surface area (Å²) < 4.78 is 5.27. The maximum atomic E-state index is 12.2. The topological polar surface area (TPSA) is 142 Å². The van der Waals surface area contributed by atoms with Crippen LogP contribution in [0.3, 0.4) is 0 Å². The average molecular weight is 575 g/mol. The maximum Gasteiger partial charge on any atom is 0.305 e. The molecule has 9 heteroatoms. The highest BCUT2D eigenvalue weighted by Crippen LogP contribution is 2.22. The van der Waals surface area contributed by atoms with Crippen LogP contribution < -0.4 is 10.6 Å². The lowest BCUT2D eigenvalue weighted by molar-refractivity contribution is -0.153. The fraction of sp³-hybridized carbons (Fsp3) is 0.562. The number of carbonyl (C=O) groups is 4. The lowest BCUT2D eigenvalue weighted by atomic mass is 9.87. The van der Waals surface area contributed by atoms with Crippen molar-refractivity contribution in [1.82, 2.24) is 10.6 Å². The van der Waals surface area contributed by atoms with Crippen LogP contribution in [0.25, 0.3) is 0 Å². The number of allylic oxidation sites excluding steroid dienone is 10. The molecule has 0 rings (SSSR count). The summed E-state index contributed by atoms with van der Waals surface area (Å²) in [6.45, 7) is 5.22. The van der Waals surface area contributed by atoms with E-state index in [1.54, 1.807) is 13.8 Å². The second kappa shape index (κ2) is 24.3. The average Bonchev–Trinajstić information content (AvgIpc) is 2.92. The number of carbonyl (C=O) groups excluding carboxylic acids is 3. The third-order valence-corrected chi connectivity index (χ3v) is 5.82. The van der Waals surface area contributed by atoms with Crippen molar-refractivity contribution in [3.8, 4) is 0 Å². The first-order chi connectivity index (χ1) is 19.6. The van der Waals surface area contributed by atoms with Gasteiger partial charge in [-0.15, -0.1) is 0 Å². The smallest absolute Gasteiger partial charge is 0.305 e. The summed E-state index contributed by atoms with van der Waals surface area (Å²) in [4.78, 5) is 46.4. The molecular weight excluding hydrogens is 524 g/mol. The van der Waals surface area contributed by atoms with Gasteiger partial charge >= 0.3 is 11.9 Å². The van der Waals surface area contributed by atoms with Crippen LogP contribution in [0.4, 0.5) is 0 Å². The van der Waals surface area contributed by atoms with Crippen LogP contribution in [0.1, 0.15) is 85.0 Å². The van der Waals surface area contributed by atoms with Gasteiger partial charge in [-0.2, -0.15) is 0 Å². The number of carboxylic acid groups (broad SMARTS) is 1. The summed E-state index contributed by atoms with van der Waals surface area (Å²) in [5, 5.41) is 23.8. The van der Waals surface area contributed by atoms with Gasteiger partial charge in [0.05, 0.1) is 13.0 Å². The van der Waals surface area contributed by atoms with E-state index in [0.29, 0.717) is 6.42 Å². The van der Waals surface area contributed by atoms with Crippen molar-refractivity contribution in [2.45, 2.75) is 91.1 Å². The Kier molecular flexibility index (Phi) is 22.3. The first-order valence-corrected chi connectivity index (χ1v) is 14.4.